The van der Waals surface area contributed by atoms with Gasteiger partial charge in [0.2, 0.25) is 5.91 Å². The summed E-state index contributed by atoms with van der Waals surface area (Å²) in [7, 11) is 0. The summed E-state index contributed by atoms with van der Waals surface area (Å²) in [6.07, 6.45) is 1.47. The number of halogens is 2. The van der Waals surface area contributed by atoms with E-state index < -0.39 is 5.41 Å². The number of benzene rings is 1. The Bertz CT molecular complexity index is 502. The Morgan fingerprint density at radius 2 is 2.18 bits per heavy atom. The van der Waals surface area contributed by atoms with Gasteiger partial charge in [0.1, 0.15) is 0 Å². The van der Waals surface area contributed by atoms with Crippen molar-refractivity contribution in [1.82, 2.24) is 0 Å². The third-order valence-corrected chi connectivity index (χ3v) is 4.35. The van der Waals surface area contributed by atoms with Gasteiger partial charge in [-0.05, 0) is 53.6 Å². The number of carbonyl (C=O) groups excluding carboxylic acids is 1. The summed E-state index contributed by atoms with van der Waals surface area (Å²) >= 11 is 12.9. The van der Waals surface area contributed by atoms with E-state index in [4.69, 9.17) is 29.6 Å². The van der Waals surface area contributed by atoms with Crippen LogP contribution >= 0.6 is 46.4 Å². The van der Waals surface area contributed by atoms with E-state index in [0.717, 1.165) is 22.1 Å². The highest BCUT2D eigenvalue weighted by molar-refractivity contribution is 14.1. The van der Waals surface area contributed by atoms with Gasteiger partial charge in [-0.25, -0.2) is 0 Å². The highest BCUT2D eigenvalue weighted by atomic mass is 127. The first-order valence-electron chi connectivity index (χ1n) is 5.02. The lowest BCUT2D eigenvalue weighted by Gasteiger charge is -2.14. The smallest absolute Gasteiger partial charge is 0.237 e. The van der Waals surface area contributed by atoms with Crippen LogP contribution in [-0.4, -0.2) is 10.9 Å². The lowest BCUT2D eigenvalue weighted by molar-refractivity contribution is -0.118. The normalized spacial score (nSPS) is 16.4. The molecule has 2 rings (SSSR count). The maximum absolute atomic E-state index is 12.1. The Morgan fingerprint density at radius 1 is 1.53 bits per heavy atom. The zero-order valence-corrected chi connectivity index (χ0v) is 12.5. The van der Waals surface area contributed by atoms with Gasteiger partial charge in [0.05, 0.1) is 16.1 Å². The zero-order valence-electron chi connectivity index (χ0n) is 8.80. The molecule has 1 saturated carbocycles. The molecule has 0 aliphatic heterocycles. The second kappa shape index (κ2) is 4.70. The van der Waals surface area contributed by atoms with Gasteiger partial charge in [0.15, 0.2) is 0 Å². The van der Waals surface area contributed by atoms with Gasteiger partial charge in [0, 0.05) is 8.59 Å². The zero-order chi connectivity index (χ0) is 12.6. The fourth-order valence-corrected chi connectivity index (χ4v) is 2.85. The van der Waals surface area contributed by atoms with Crippen LogP contribution in [0.2, 0.25) is 5.02 Å². The molecular formula is C11H10ClIN2OS. The van der Waals surface area contributed by atoms with Gasteiger partial charge in [-0.3, -0.25) is 4.79 Å². The Hall–Kier alpha value is -0.400. The molecule has 0 spiro atoms. The van der Waals surface area contributed by atoms with Crippen molar-refractivity contribution in [2.24, 2.45) is 11.1 Å². The van der Waals surface area contributed by atoms with Crippen LogP contribution in [0.25, 0.3) is 0 Å². The van der Waals surface area contributed by atoms with Crippen molar-refractivity contribution < 1.29 is 4.79 Å². The molecule has 17 heavy (non-hydrogen) atoms. The largest absolute Gasteiger partial charge is 0.392 e. The standard InChI is InChI=1S/C11H10ClIN2OS/c12-6-1-2-8(7(13)5-6)15-10(16)11(3-4-11)9(14)17/h1-2,5H,3-4H2,(H2,14,17)(H,15,16). The van der Waals surface area contributed by atoms with Crippen molar-refractivity contribution in [1.29, 1.82) is 0 Å². The second-order valence-corrected chi connectivity index (χ2v) is 6.06. The molecule has 0 atom stereocenters. The molecular weight excluding hydrogens is 371 g/mol. The van der Waals surface area contributed by atoms with Gasteiger partial charge in [-0.1, -0.05) is 23.8 Å². The molecule has 1 aromatic carbocycles. The van der Waals surface area contributed by atoms with Crippen molar-refractivity contribution >= 4 is 63.0 Å². The number of rotatable bonds is 3. The number of hydrogen-bond donors (Lipinski definition) is 2. The summed E-state index contributed by atoms with van der Waals surface area (Å²) in [5.41, 5.74) is 5.71. The molecule has 1 aliphatic carbocycles. The molecule has 3 N–H and O–H groups in total. The first kappa shape index (κ1) is 13.0. The van der Waals surface area contributed by atoms with Gasteiger partial charge in [-0.2, -0.15) is 0 Å². The van der Waals surface area contributed by atoms with Crippen LogP contribution in [-0.2, 0) is 4.79 Å². The van der Waals surface area contributed by atoms with Gasteiger partial charge < -0.3 is 11.1 Å². The van der Waals surface area contributed by atoms with E-state index in [-0.39, 0.29) is 10.9 Å². The van der Waals surface area contributed by atoms with Crippen LogP contribution in [0, 0.1) is 8.99 Å². The number of nitrogens with one attached hydrogen (secondary N) is 1. The Balaban J connectivity index is 2.17. The minimum Gasteiger partial charge on any atom is -0.392 e. The number of carbonyl (C=O) groups is 1. The third-order valence-electron chi connectivity index (χ3n) is 2.84. The van der Waals surface area contributed by atoms with E-state index in [1.165, 1.54) is 0 Å². The molecule has 1 aliphatic rings. The Kier molecular flexibility index (Phi) is 3.61. The van der Waals surface area contributed by atoms with E-state index in [1.807, 2.05) is 0 Å². The summed E-state index contributed by atoms with van der Waals surface area (Å²) in [4.78, 5) is 12.3. The van der Waals surface area contributed by atoms with Crippen molar-refractivity contribution in [3.05, 3.63) is 26.8 Å². The number of amides is 1. The van der Waals surface area contributed by atoms with Crippen LogP contribution in [0.1, 0.15) is 12.8 Å². The predicted molar refractivity (Wildman–Crippen MR) is 81.3 cm³/mol. The molecule has 0 radical (unpaired) electrons. The van der Waals surface area contributed by atoms with Crippen LogP contribution < -0.4 is 11.1 Å². The monoisotopic (exact) mass is 380 g/mol. The molecule has 1 aromatic rings. The van der Waals surface area contributed by atoms with Crippen LogP contribution in [0.5, 0.6) is 0 Å². The molecule has 0 bridgehead atoms. The summed E-state index contributed by atoms with van der Waals surface area (Å²) in [5.74, 6) is -0.120. The third kappa shape index (κ3) is 2.56. The van der Waals surface area contributed by atoms with Gasteiger partial charge in [0.25, 0.3) is 0 Å². The number of anilines is 1. The minimum atomic E-state index is -0.627. The van der Waals surface area contributed by atoms with Crippen molar-refractivity contribution in [2.75, 3.05) is 5.32 Å². The minimum absolute atomic E-state index is 0.120. The van der Waals surface area contributed by atoms with Gasteiger partial charge >= 0.3 is 0 Å². The maximum atomic E-state index is 12.1. The first-order chi connectivity index (χ1) is 7.95. The second-order valence-electron chi connectivity index (χ2n) is 4.02. The number of thiocarbonyl (C=S) groups is 1. The lowest BCUT2D eigenvalue weighted by atomic mass is 10.1. The van der Waals surface area contributed by atoms with E-state index in [1.54, 1.807) is 18.2 Å². The van der Waals surface area contributed by atoms with E-state index in [9.17, 15) is 4.79 Å². The summed E-state index contributed by atoms with van der Waals surface area (Å²) in [5, 5.41) is 3.49. The van der Waals surface area contributed by atoms with E-state index in [0.29, 0.717) is 5.02 Å². The van der Waals surface area contributed by atoms with Crippen molar-refractivity contribution in [2.45, 2.75) is 12.8 Å². The maximum Gasteiger partial charge on any atom is 0.237 e. The molecule has 0 aromatic heterocycles. The SMILES string of the molecule is NC(=S)C1(C(=O)Nc2ccc(Cl)cc2I)CC1. The van der Waals surface area contributed by atoms with E-state index in [2.05, 4.69) is 27.9 Å². The topological polar surface area (TPSA) is 55.1 Å². The van der Waals surface area contributed by atoms with Gasteiger partial charge in [-0.15, -0.1) is 0 Å². The average Bonchev–Trinajstić information content (AvgIpc) is 3.02. The van der Waals surface area contributed by atoms with Crippen LogP contribution in [0.3, 0.4) is 0 Å². The van der Waals surface area contributed by atoms with Crippen molar-refractivity contribution in [3.63, 3.8) is 0 Å². The average molecular weight is 381 g/mol. The summed E-state index contributed by atoms with van der Waals surface area (Å²) in [6.45, 7) is 0. The summed E-state index contributed by atoms with van der Waals surface area (Å²) < 4.78 is 0.891. The number of nitrogens with two attached hydrogens (primary N) is 1. The highest BCUT2D eigenvalue weighted by Gasteiger charge is 2.52. The first-order valence-corrected chi connectivity index (χ1v) is 6.88. The van der Waals surface area contributed by atoms with E-state index >= 15 is 0 Å². The summed E-state index contributed by atoms with van der Waals surface area (Å²) in [6, 6.07) is 5.30. The lowest BCUT2D eigenvalue weighted by Crippen LogP contribution is -2.35. The molecule has 1 fully saturated rings. The molecule has 0 unspecified atom stereocenters. The molecule has 0 saturated heterocycles. The Morgan fingerprint density at radius 3 is 2.65 bits per heavy atom. The van der Waals surface area contributed by atoms with Crippen LogP contribution in [0.15, 0.2) is 18.2 Å². The molecule has 90 valence electrons. The number of hydrogen-bond acceptors (Lipinski definition) is 2. The predicted octanol–water partition coefficient (Wildman–Crippen LogP) is 2.95. The van der Waals surface area contributed by atoms with Crippen molar-refractivity contribution in [3.8, 4) is 0 Å². The highest BCUT2D eigenvalue weighted by Crippen LogP contribution is 2.47. The fraction of sp³-hybridized carbons (Fsp3) is 0.273. The molecule has 6 heteroatoms. The fourth-order valence-electron chi connectivity index (χ4n) is 1.54. The molecule has 0 heterocycles. The Labute approximate surface area is 123 Å². The molecule has 3 nitrogen and oxygen atoms in total. The molecule has 1 amide bonds. The quantitative estimate of drug-likeness (QED) is 0.626. The van der Waals surface area contributed by atoms with Crippen LogP contribution in [0.4, 0.5) is 5.69 Å².